The van der Waals surface area contributed by atoms with E-state index in [0.29, 0.717) is 24.6 Å². The first kappa shape index (κ1) is 34.3. The molecule has 1 heterocycles. The first-order valence-corrected chi connectivity index (χ1v) is 14.8. The second-order valence-corrected chi connectivity index (χ2v) is 13.4. The maximum atomic E-state index is 12.5. The largest absolute Gasteiger partial charge is 0.374 e. The van der Waals surface area contributed by atoms with E-state index in [1.165, 1.54) is 7.05 Å². The van der Waals surface area contributed by atoms with Crippen LogP contribution in [0.1, 0.15) is 41.0 Å². The third-order valence-electron chi connectivity index (χ3n) is 5.88. The quantitative estimate of drug-likeness (QED) is 0.119. The number of carbonyl (C=O) groups is 1. The van der Waals surface area contributed by atoms with E-state index in [9.17, 15) is 22.7 Å². The number of hydrogen-bond acceptors (Lipinski definition) is 8. The number of carbonyl (C=O) groups excluding carboxylic acids is 1. The molecule has 35 heavy (non-hydrogen) atoms. The van der Waals surface area contributed by atoms with Gasteiger partial charge in [-0.05, 0) is 32.7 Å². The molecule has 14 heteroatoms. The summed E-state index contributed by atoms with van der Waals surface area (Å²) < 4.78 is 47.6. The number of amides is 1. The van der Waals surface area contributed by atoms with E-state index in [1.807, 2.05) is 4.72 Å². The molecule has 1 amide bonds. The van der Waals surface area contributed by atoms with Crippen LogP contribution in [0.4, 0.5) is 0 Å². The van der Waals surface area contributed by atoms with Gasteiger partial charge in [0.05, 0.1) is 18.4 Å². The van der Waals surface area contributed by atoms with E-state index >= 15 is 0 Å². The molecule has 0 aromatic heterocycles. The molecule has 204 valence electrons. The van der Waals surface area contributed by atoms with E-state index in [1.54, 1.807) is 13.8 Å². The monoisotopic (exact) mass is 708 g/mol. The molecule has 1 aliphatic rings. The van der Waals surface area contributed by atoms with Gasteiger partial charge < -0.3 is 24.6 Å². The third-order valence-corrected chi connectivity index (χ3v) is 7.67. The van der Waals surface area contributed by atoms with Gasteiger partial charge in [0.25, 0.3) is 13.4 Å². The summed E-state index contributed by atoms with van der Waals surface area (Å²) in [4.78, 5) is 24.1. The predicted molar refractivity (Wildman–Crippen MR) is 132 cm³/mol. The Morgan fingerprint density at radius 2 is 1.86 bits per heavy atom. The van der Waals surface area contributed by atoms with Gasteiger partial charge in [0, 0.05) is 45.4 Å². The van der Waals surface area contributed by atoms with Crippen molar-refractivity contribution < 1.29 is 53.2 Å². The molecule has 1 aliphatic heterocycles. The number of rotatable bonds is 14. The average molecular weight is 708 g/mol. The van der Waals surface area contributed by atoms with Crippen LogP contribution in [0, 0.1) is 11.8 Å². The molecule has 1 fully saturated rings. The third kappa shape index (κ3) is 11.0. The van der Waals surface area contributed by atoms with Crippen molar-refractivity contribution in [2.75, 3.05) is 33.0 Å². The second kappa shape index (κ2) is 13.7. The Balaban J connectivity index is 0.0000116. The summed E-state index contributed by atoms with van der Waals surface area (Å²) in [6.07, 6.45) is 0.770. The van der Waals surface area contributed by atoms with Gasteiger partial charge in [0.15, 0.2) is 0 Å². The summed E-state index contributed by atoms with van der Waals surface area (Å²) in [5, 5.41) is 5.37. The molecule has 0 bridgehead atoms. The van der Waals surface area contributed by atoms with Gasteiger partial charge >= 0.3 is 0 Å². The molecule has 0 spiro atoms. The molecular formula is C21H41N4O7PSW. The van der Waals surface area contributed by atoms with Gasteiger partial charge in [-0.25, -0.2) is 13.5 Å². The van der Waals surface area contributed by atoms with Crippen LogP contribution in [0.25, 0.3) is 0 Å². The van der Waals surface area contributed by atoms with Gasteiger partial charge in [0.1, 0.15) is 18.7 Å². The van der Waals surface area contributed by atoms with Crippen LogP contribution in [0.15, 0.2) is 24.6 Å². The normalized spacial score (nSPS) is 21.1. The van der Waals surface area contributed by atoms with E-state index < -0.39 is 29.0 Å². The molecular weight excluding hydrogens is 667 g/mol. The second-order valence-electron chi connectivity index (χ2n) is 9.57. The van der Waals surface area contributed by atoms with Crippen molar-refractivity contribution in [3.63, 3.8) is 0 Å². The van der Waals surface area contributed by atoms with Crippen molar-refractivity contribution in [3.05, 3.63) is 24.6 Å². The van der Waals surface area contributed by atoms with Crippen LogP contribution in [0.3, 0.4) is 0 Å². The number of nitrogens with zero attached hydrogens (tertiary/aromatic N) is 1. The summed E-state index contributed by atoms with van der Waals surface area (Å²) in [7, 11) is -5.88. The molecule has 0 saturated carbocycles. The minimum absolute atomic E-state index is 0. The van der Waals surface area contributed by atoms with Crippen molar-refractivity contribution in [1.82, 2.24) is 20.0 Å². The van der Waals surface area contributed by atoms with Crippen molar-refractivity contribution in [2.24, 2.45) is 11.8 Å². The fourth-order valence-electron chi connectivity index (χ4n) is 3.42. The maximum absolute atomic E-state index is 12.5. The molecule has 1 rings (SSSR count). The number of likely N-dealkylation sites (tertiary alicyclic amines) is 1. The molecule has 0 aliphatic carbocycles. The van der Waals surface area contributed by atoms with Crippen molar-refractivity contribution in [2.45, 2.75) is 58.7 Å². The zero-order valence-corrected chi connectivity index (χ0v) is 26.3. The number of sulfonamides is 1. The molecule has 1 saturated heterocycles. The van der Waals surface area contributed by atoms with E-state index in [4.69, 9.17) is 9.47 Å². The van der Waals surface area contributed by atoms with Gasteiger partial charge in [-0.2, -0.15) is 0 Å². The van der Waals surface area contributed by atoms with Gasteiger partial charge in [-0.15, -0.1) is 0 Å². The fourth-order valence-corrected chi connectivity index (χ4v) is 4.46. The molecule has 0 aromatic carbocycles. The van der Waals surface area contributed by atoms with E-state index in [-0.39, 0.29) is 52.3 Å². The minimum atomic E-state index is -3.71. The van der Waals surface area contributed by atoms with Crippen molar-refractivity contribution in [1.29, 1.82) is 0 Å². The molecule has 0 aromatic rings. The van der Waals surface area contributed by atoms with Crippen LogP contribution in [-0.4, -0.2) is 74.8 Å². The van der Waals surface area contributed by atoms with E-state index in [0.717, 1.165) is 12.0 Å². The van der Waals surface area contributed by atoms with Crippen LogP contribution < -0.4 is 15.1 Å². The van der Waals surface area contributed by atoms with Crippen LogP contribution in [-0.2, 0) is 49.9 Å². The summed E-state index contributed by atoms with van der Waals surface area (Å²) in [6, 6.07) is -0.273. The molecule has 11 nitrogen and oxygen atoms in total. The summed E-state index contributed by atoms with van der Waals surface area (Å²) >= 11 is 0. The summed E-state index contributed by atoms with van der Waals surface area (Å²) in [5.41, 5.74) is 0.171. The number of nitrogens with one attached hydrogen (secondary N) is 3. The fraction of sp³-hybridized carbons (Fsp3) is 0.762. The zero-order chi connectivity index (χ0) is 26.5. The molecule has 4 unspecified atom stereocenters. The Kier molecular flexibility index (Phi) is 13.4. The molecule has 4 atom stereocenters. The number of ether oxygens (including phenoxy) is 2. The van der Waals surface area contributed by atoms with Crippen molar-refractivity contribution in [3.8, 4) is 0 Å². The first-order chi connectivity index (χ1) is 15.4. The van der Waals surface area contributed by atoms with Crippen LogP contribution in [0.5, 0.6) is 0 Å². The minimum Gasteiger partial charge on any atom is -0.374 e. The van der Waals surface area contributed by atoms with Gasteiger partial charge in [-0.3, -0.25) is 14.1 Å². The van der Waals surface area contributed by atoms with Gasteiger partial charge in [0.2, 0.25) is 10.0 Å². The topological polar surface area (TPSA) is 146 Å². The zero-order valence-electron chi connectivity index (χ0n) is 21.7. The average Bonchev–Trinajstić information content (AvgIpc) is 3.12. The number of hydrogen-bond donors (Lipinski definition) is 4. The summed E-state index contributed by atoms with van der Waals surface area (Å²) in [6.45, 7) is 18.2. The Bertz CT molecular complexity index is 913. The Labute approximate surface area is 224 Å². The Morgan fingerprint density at radius 3 is 2.34 bits per heavy atom. The molecule has 0 radical (unpaired) electrons. The van der Waals surface area contributed by atoms with Crippen molar-refractivity contribution >= 4 is 23.5 Å². The SMILES string of the molecule is C=C(NC(C)(C)C(=O)NS(C)(=O)=O)C1CC(OCOCP(=O)(O)NC)CN1C(=C)C(C)C(C)C.[W]. The first-order valence-electron chi connectivity index (χ1n) is 11.0. The van der Waals surface area contributed by atoms with Crippen LogP contribution in [0.2, 0.25) is 0 Å². The Hall–Kier alpha value is -0.742. The molecule has 4 N–H and O–H groups in total. The maximum Gasteiger partial charge on any atom is 0.292 e. The van der Waals surface area contributed by atoms with Crippen LogP contribution >= 0.6 is 7.52 Å². The van der Waals surface area contributed by atoms with Gasteiger partial charge in [-0.1, -0.05) is 33.9 Å². The number of allylic oxidation sites excluding steroid dienone is 1. The standard InChI is InChI=1S/C21H41N4O7PS.W/c1-14(2)15(3)17(5)25-11-18(32-12-31-13-33(27,28)22-8)10-19(25)16(4)23-21(6,7)20(26)24-34(9,29)30;/h14-15,18-19,23H,4-5,10-13H2,1-3,6-9H3,(H,24,26)(H2,22,27,28);. The summed E-state index contributed by atoms with van der Waals surface area (Å²) in [5.74, 6) is -0.188. The predicted octanol–water partition coefficient (Wildman–Crippen LogP) is 1.54. The van der Waals surface area contributed by atoms with E-state index in [2.05, 4.69) is 49.2 Å². The Morgan fingerprint density at radius 1 is 1.29 bits per heavy atom. The smallest absolute Gasteiger partial charge is 0.292 e.